The predicted octanol–water partition coefficient (Wildman–Crippen LogP) is 6.13. The van der Waals surface area contributed by atoms with Gasteiger partial charge in [-0.05, 0) is 82.2 Å². The van der Waals surface area contributed by atoms with Crippen molar-refractivity contribution in [3.05, 3.63) is 44.5 Å². The van der Waals surface area contributed by atoms with E-state index in [0.717, 1.165) is 49.3 Å². The number of piperidine rings is 2. The van der Waals surface area contributed by atoms with Gasteiger partial charge in [-0.3, -0.25) is 0 Å². The molecule has 3 heterocycles. The summed E-state index contributed by atoms with van der Waals surface area (Å²) < 4.78 is 0. The van der Waals surface area contributed by atoms with Crippen LogP contribution in [0.25, 0.3) is 0 Å². The summed E-state index contributed by atoms with van der Waals surface area (Å²) in [5.41, 5.74) is 1.73. The van der Waals surface area contributed by atoms with E-state index in [-0.39, 0.29) is 6.04 Å². The molecule has 2 aliphatic heterocycles. The molecule has 1 aromatic carbocycles. The van der Waals surface area contributed by atoms with Crippen LogP contribution in [0.4, 0.5) is 11.8 Å². The quantitative estimate of drug-likeness (QED) is 0.536. The third-order valence-electron chi connectivity index (χ3n) is 6.58. The Kier molecular flexibility index (Phi) is 7.48. The summed E-state index contributed by atoms with van der Waals surface area (Å²) in [6, 6.07) is 5.45. The van der Waals surface area contributed by atoms with Crippen LogP contribution < -0.4 is 15.5 Å². The van der Waals surface area contributed by atoms with Gasteiger partial charge in [0.2, 0.25) is 5.95 Å². The van der Waals surface area contributed by atoms with Crippen LogP contribution in [0.5, 0.6) is 0 Å². The van der Waals surface area contributed by atoms with Crippen molar-refractivity contribution in [3.8, 4) is 0 Å². The smallest absolute Gasteiger partial charge is 0.227 e. The normalized spacial score (nSPS) is 21.2. The number of benzene rings is 1. The first-order valence-corrected chi connectivity index (χ1v) is 12.3. The number of rotatable bonds is 5. The molecule has 1 aromatic heterocycles. The highest BCUT2D eigenvalue weighted by Crippen LogP contribution is 2.34. The molecule has 2 atom stereocenters. The summed E-state index contributed by atoms with van der Waals surface area (Å²) >= 11 is 19.0. The molecule has 2 aromatic rings. The molecular weight excluding hydrogens is 453 g/mol. The van der Waals surface area contributed by atoms with E-state index in [1.54, 1.807) is 6.07 Å². The minimum atomic E-state index is -0.0757. The van der Waals surface area contributed by atoms with E-state index in [1.165, 1.54) is 25.7 Å². The van der Waals surface area contributed by atoms with Crippen molar-refractivity contribution in [1.82, 2.24) is 15.3 Å². The second-order valence-electron chi connectivity index (χ2n) is 8.74. The van der Waals surface area contributed by atoms with Crippen molar-refractivity contribution in [2.75, 3.05) is 36.4 Å². The molecule has 0 bridgehead atoms. The van der Waals surface area contributed by atoms with Crippen LogP contribution in [0.2, 0.25) is 15.1 Å². The molecule has 168 valence electrons. The van der Waals surface area contributed by atoms with E-state index in [9.17, 15) is 0 Å². The second kappa shape index (κ2) is 10.1. The van der Waals surface area contributed by atoms with Gasteiger partial charge in [0.1, 0.15) is 5.02 Å². The Hall–Kier alpha value is -1.27. The van der Waals surface area contributed by atoms with Crippen molar-refractivity contribution >= 4 is 46.6 Å². The van der Waals surface area contributed by atoms with Gasteiger partial charge < -0.3 is 15.5 Å². The number of hydrogen-bond donors (Lipinski definition) is 2. The van der Waals surface area contributed by atoms with Gasteiger partial charge >= 0.3 is 0 Å². The number of aryl methyl sites for hydroxylation is 1. The van der Waals surface area contributed by atoms with E-state index in [2.05, 4.69) is 15.5 Å². The Balaban J connectivity index is 1.53. The maximum Gasteiger partial charge on any atom is 0.227 e. The van der Waals surface area contributed by atoms with Gasteiger partial charge in [0.25, 0.3) is 0 Å². The van der Waals surface area contributed by atoms with Crippen molar-refractivity contribution in [2.24, 2.45) is 11.8 Å². The molecule has 4 rings (SSSR count). The molecule has 1 unspecified atom stereocenters. The number of anilines is 2. The Morgan fingerprint density at radius 2 is 1.87 bits per heavy atom. The number of hydrogen-bond acceptors (Lipinski definition) is 5. The van der Waals surface area contributed by atoms with Crippen LogP contribution in [0.3, 0.4) is 0 Å². The van der Waals surface area contributed by atoms with Crippen LogP contribution in [-0.4, -0.2) is 36.1 Å². The molecule has 0 spiro atoms. The lowest BCUT2D eigenvalue weighted by molar-refractivity contribution is 0.229. The largest absolute Gasteiger partial charge is 0.362 e. The molecular formula is C23H30Cl3N5. The Labute approximate surface area is 199 Å². The summed E-state index contributed by atoms with van der Waals surface area (Å²) in [5, 5.41) is 8.70. The topological polar surface area (TPSA) is 53.1 Å². The molecule has 0 aliphatic carbocycles. The van der Waals surface area contributed by atoms with E-state index >= 15 is 0 Å². The minimum Gasteiger partial charge on any atom is -0.362 e. The monoisotopic (exact) mass is 481 g/mol. The van der Waals surface area contributed by atoms with Crippen LogP contribution in [0, 0.1) is 18.8 Å². The summed E-state index contributed by atoms with van der Waals surface area (Å²) in [5.74, 6) is 2.91. The SMILES string of the molecule is Cc1nc(N2CCC[C@H](C3CCNCC3)C2)nc(NC(C)c2ccc(Cl)cc2Cl)c1Cl. The molecule has 5 nitrogen and oxygen atoms in total. The van der Waals surface area contributed by atoms with Gasteiger partial charge in [-0.1, -0.05) is 40.9 Å². The first-order chi connectivity index (χ1) is 14.9. The first-order valence-electron chi connectivity index (χ1n) is 11.1. The van der Waals surface area contributed by atoms with Crippen LogP contribution in [0.15, 0.2) is 18.2 Å². The molecule has 0 saturated carbocycles. The van der Waals surface area contributed by atoms with Gasteiger partial charge in [0.15, 0.2) is 5.82 Å². The van der Waals surface area contributed by atoms with Crippen molar-refractivity contribution in [1.29, 1.82) is 0 Å². The summed E-state index contributed by atoms with van der Waals surface area (Å²) in [6.45, 7) is 8.25. The van der Waals surface area contributed by atoms with Gasteiger partial charge in [-0.15, -0.1) is 0 Å². The fourth-order valence-electron chi connectivity index (χ4n) is 4.81. The lowest BCUT2D eigenvalue weighted by Crippen LogP contribution is -2.42. The number of nitrogens with one attached hydrogen (secondary N) is 2. The lowest BCUT2D eigenvalue weighted by atomic mass is 9.80. The van der Waals surface area contributed by atoms with Crippen molar-refractivity contribution < 1.29 is 0 Å². The summed E-state index contributed by atoms with van der Waals surface area (Å²) in [6.07, 6.45) is 5.01. The molecule has 0 amide bonds. The van der Waals surface area contributed by atoms with Gasteiger partial charge in [0.05, 0.1) is 11.7 Å². The average Bonchev–Trinajstić information content (AvgIpc) is 2.77. The summed E-state index contributed by atoms with van der Waals surface area (Å²) in [7, 11) is 0. The minimum absolute atomic E-state index is 0.0757. The molecule has 2 fully saturated rings. The zero-order valence-corrected chi connectivity index (χ0v) is 20.4. The van der Waals surface area contributed by atoms with Gasteiger partial charge in [-0.2, -0.15) is 4.98 Å². The van der Waals surface area contributed by atoms with E-state index < -0.39 is 0 Å². The highest BCUT2D eigenvalue weighted by atomic mass is 35.5. The maximum absolute atomic E-state index is 6.58. The fourth-order valence-corrected chi connectivity index (χ4v) is 5.52. The maximum atomic E-state index is 6.58. The highest BCUT2D eigenvalue weighted by molar-refractivity contribution is 6.35. The Morgan fingerprint density at radius 3 is 2.61 bits per heavy atom. The third-order valence-corrected chi connectivity index (χ3v) is 7.59. The number of aromatic nitrogens is 2. The molecule has 2 saturated heterocycles. The number of halogens is 3. The Morgan fingerprint density at radius 1 is 1.10 bits per heavy atom. The van der Waals surface area contributed by atoms with Crippen molar-refractivity contribution in [3.63, 3.8) is 0 Å². The standard InChI is InChI=1S/C23H30Cl3N5/c1-14(19-6-5-18(24)12-20(19)25)28-22-21(26)15(2)29-23(30-22)31-11-3-4-17(13-31)16-7-9-27-10-8-16/h5-6,12,14,16-17,27H,3-4,7-11,13H2,1-2H3,(H,28,29,30)/t14?,17-/m0/s1. The van der Waals surface area contributed by atoms with Crippen LogP contribution in [0.1, 0.15) is 49.9 Å². The zero-order chi connectivity index (χ0) is 22.0. The lowest BCUT2D eigenvalue weighted by Gasteiger charge is -2.38. The van der Waals surface area contributed by atoms with Gasteiger partial charge in [-0.25, -0.2) is 4.98 Å². The summed E-state index contributed by atoms with van der Waals surface area (Å²) in [4.78, 5) is 11.9. The predicted molar refractivity (Wildman–Crippen MR) is 131 cm³/mol. The van der Waals surface area contributed by atoms with E-state index in [1.807, 2.05) is 26.0 Å². The fraction of sp³-hybridized carbons (Fsp3) is 0.565. The second-order valence-corrected chi connectivity index (χ2v) is 9.96. The molecule has 0 radical (unpaired) electrons. The van der Waals surface area contributed by atoms with E-state index in [0.29, 0.717) is 26.8 Å². The highest BCUT2D eigenvalue weighted by Gasteiger charge is 2.30. The van der Waals surface area contributed by atoms with E-state index in [4.69, 9.17) is 44.8 Å². The van der Waals surface area contributed by atoms with Crippen LogP contribution >= 0.6 is 34.8 Å². The Bertz CT molecular complexity index is 916. The van der Waals surface area contributed by atoms with Crippen LogP contribution in [-0.2, 0) is 0 Å². The number of nitrogens with zero attached hydrogens (tertiary/aromatic N) is 3. The molecule has 2 N–H and O–H groups in total. The zero-order valence-electron chi connectivity index (χ0n) is 18.1. The van der Waals surface area contributed by atoms with Gasteiger partial charge in [0, 0.05) is 23.1 Å². The third kappa shape index (κ3) is 5.39. The molecule has 8 heteroatoms. The molecule has 2 aliphatic rings. The molecule has 31 heavy (non-hydrogen) atoms. The van der Waals surface area contributed by atoms with Crippen molar-refractivity contribution in [2.45, 2.75) is 45.6 Å². The average molecular weight is 483 g/mol. The first kappa shape index (κ1) is 22.9.